The van der Waals surface area contributed by atoms with Crippen LogP contribution in [0.1, 0.15) is 39.4 Å². The minimum Gasteiger partial charge on any atom is -0.493 e. The van der Waals surface area contributed by atoms with Gasteiger partial charge in [-0.25, -0.2) is 0 Å². The predicted molar refractivity (Wildman–Crippen MR) is 180 cm³/mol. The molecule has 0 spiro atoms. The lowest BCUT2D eigenvalue weighted by Gasteiger charge is -2.37. The van der Waals surface area contributed by atoms with Gasteiger partial charge in [0.25, 0.3) is 0 Å². The molecule has 4 aliphatic heterocycles. The zero-order valence-electron chi connectivity index (χ0n) is 27.8. The summed E-state index contributed by atoms with van der Waals surface area (Å²) in [6.07, 6.45) is 2.88. The van der Waals surface area contributed by atoms with E-state index in [0.29, 0.717) is 65.4 Å². The molecule has 0 N–H and O–H groups in total. The molecule has 9 nitrogen and oxygen atoms in total. The summed E-state index contributed by atoms with van der Waals surface area (Å²) < 4.78 is 43.3. The minimum absolute atomic E-state index is 0.0558. The van der Waals surface area contributed by atoms with Crippen LogP contribution in [0.2, 0.25) is 0 Å². The Hall–Kier alpha value is -4.89. The molecule has 6 bridgehead atoms. The molecule has 244 valence electrons. The quantitative estimate of drug-likeness (QED) is 0.232. The van der Waals surface area contributed by atoms with Crippen LogP contribution in [0.15, 0.2) is 59.6 Å². The number of benzene rings is 4. The summed E-state index contributed by atoms with van der Waals surface area (Å²) in [5, 5.41) is 0. The molecule has 4 aromatic rings. The molecule has 1 atom stereocenters. The zero-order chi connectivity index (χ0) is 32.7. The van der Waals surface area contributed by atoms with E-state index in [4.69, 9.17) is 38.2 Å². The fourth-order valence-corrected chi connectivity index (χ4v) is 7.04. The molecule has 8 rings (SSSR count). The SMILES string of the molecule is COc1ccc2cc1Oc1ccc(cc1)CC1=NCCc3cc(OC)c(c(OC)c31)Oc1c(OC)c(OC)cc3c1C(C2)N(C)CC3. The van der Waals surface area contributed by atoms with Gasteiger partial charge < -0.3 is 33.2 Å². The Balaban J connectivity index is 1.51. The van der Waals surface area contributed by atoms with E-state index in [1.165, 1.54) is 0 Å². The van der Waals surface area contributed by atoms with E-state index in [0.717, 1.165) is 64.2 Å². The van der Waals surface area contributed by atoms with Crippen molar-refractivity contribution >= 4 is 5.71 Å². The van der Waals surface area contributed by atoms with Crippen LogP contribution in [0.25, 0.3) is 0 Å². The van der Waals surface area contributed by atoms with Gasteiger partial charge in [0, 0.05) is 36.7 Å². The van der Waals surface area contributed by atoms with E-state index in [2.05, 4.69) is 48.3 Å². The number of hydrogen-bond acceptors (Lipinski definition) is 9. The molecule has 47 heavy (non-hydrogen) atoms. The van der Waals surface area contributed by atoms with Crippen molar-refractivity contribution in [3.63, 3.8) is 0 Å². The third-order valence-electron chi connectivity index (χ3n) is 9.41. The standard InChI is InChI=1S/C38H40N2O7/c1-40-16-14-25-21-31(42-3)35(44-5)38-34(25)28(40)18-23-9-12-29(41-2)30(19-23)46-26-10-7-22(8-11-26)17-27-33-24(13-15-39-27)20-32(43-4)36(47-38)37(33)45-6/h7-12,19-21,28H,13-18H2,1-6H3. The van der Waals surface area contributed by atoms with Gasteiger partial charge in [-0.2, -0.15) is 0 Å². The predicted octanol–water partition coefficient (Wildman–Crippen LogP) is 6.99. The van der Waals surface area contributed by atoms with Crippen molar-refractivity contribution in [3.05, 3.63) is 88.0 Å². The number of likely N-dealkylation sites (N-methyl/N-ethyl adjacent to an activating group) is 1. The summed E-state index contributed by atoms with van der Waals surface area (Å²) in [5.41, 5.74) is 7.32. The number of ether oxygens (including phenoxy) is 7. The zero-order valence-corrected chi connectivity index (χ0v) is 27.8. The largest absolute Gasteiger partial charge is 0.493 e. The van der Waals surface area contributed by atoms with Gasteiger partial charge in [0.05, 0.1) is 41.3 Å². The van der Waals surface area contributed by atoms with Gasteiger partial charge in [-0.15, -0.1) is 0 Å². The summed E-state index contributed by atoms with van der Waals surface area (Å²) in [4.78, 5) is 7.35. The van der Waals surface area contributed by atoms with Crippen LogP contribution >= 0.6 is 0 Å². The highest BCUT2D eigenvalue weighted by Crippen LogP contribution is 2.54. The molecule has 0 saturated heterocycles. The molecule has 0 amide bonds. The number of methoxy groups -OCH3 is 5. The van der Waals surface area contributed by atoms with Crippen LogP contribution in [0.4, 0.5) is 0 Å². The molecular weight excluding hydrogens is 596 g/mol. The van der Waals surface area contributed by atoms with Gasteiger partial charge >= 0.3 is 0 Å². The van der Waals surface area contributed by atoms with Crippen LogP contribution in [0, 0.1) is 0 Å². The van der Waals surface area contributed by atoms with Crippen LogP contribution in [-0.4, -0.2) is 66.3 Å². The molecule has 9 heteroatoms. The number of aliphatic imine (C=N–C) groups is 1. The lowest BCUT2D eigenvalue weighted by atomic mass is 9.87. The molecule has 0 aromatic heterocycles. The Bertz CT molecular complexity index is 1850. The smallest absolute Gasteiger partial charge is 0.211 e. The molecule has 0 saturated carbocycles. The number of rotatable bonds is 5. The Labute approximate surface area is 275 Å². The molecule has 4 heterocycles. The Kier molecular flexibility index (Phi) is 8.32. The first-order valence-electron chi connectivity index (χ1n) is 15.9. The first-order chi connectivity index (χ1) is 23.0. The molecule has 0 fully saturated rings. The second kappa shape index (κ2) is 12.7. The Morgan fingerprint density at radius 3 is 2.15 bits per heavy atom. The normalized spacial score (nSPS) is 16.8. The summed E-state index contributed by atoms with van der Waals surface area (Å²) >= 11 is 0. The van der Waals surface area contributed by atoms with Gasteiger partial charge in [-0.05, 0) is 85.0 Å². The van der Waals surface area contributed by atoms with E-state index in [-0.39, 0.29) is 6.04 Å². The first kappa shape index (κ1) is 30.7. The van der Waals surface area contributed by atoms with Crippen LogP contribution < -0.4 is 33.2 Å². The third-order valence-corrected chi connectivity index (χ3v) is 9.41. The summed E-state index contributed by atoms with van der Waals surface area (Å²) in [6, 6.07) is 18.3. The van der Waals surface area contributed by atoms with Crippen molar-refractivity contribution < 1.29 is 33.2 Å². The van der Waals surface area contributed by atoms with Crippen molar-refractivity contribution in [1.29, 1.82) is 0 Å². The number of nitrogens with zero attached hydrogens (tertiary/aromatic N) is 2. The fourth-order valence-electron chi connectivity index (χ4n) is 7.04. The van der Waals surface area contributed by atoms with Gasteiger partial charge in [0.2, 0.25) is 11.5 Å². The highest BCUT2D eigenvalue weighted by atomic mass is 16.6. The highest BCUT2D eigenvalue weighted by Gasteiger charge is 2.35. The van der Waals surface area contributed by atoms with E-state index in [1.807, 2.05) is 18.2 Å². The van der Waals surface area contributed by atoms with Crippen molar-refractivity contribution in [2.45, 2.75) is 31.7 Å². The molecule has 1 unspecified atom stereocenters. The topological polar surface area (TPSA) is 80.2 Å². The first-order valence-corrected chi connectivity index (χ1v) is 15.9. The molecule has 0 radical (unpaired) electrons. The maximum atomic E-state index is 7.05. The van der Waals surface area contributed by atoms with Gasteiger partial charge in [-0.1, -0.05) is 18.2 Å². The van der Waals surface area contributed by atoms with Gasteiger partial charge in [-0.3, -0.25) is 9.89 Å². The van der Waals surface area contributed by atoms with E-state index < -0.39 is 0 Å². The fraction of sp³-hybridized carbons (Fsp3) is 0.342. The Morgan fingerprint density at radius 1 is 0.702 bits per heavy atom. The van der Waals surface area contributed by atoms with Gasteiger partial charge in [0.15, 0.2) is 34.5 Å². The van der Waals surface area contributed by atoms with Crippen molar-refractivity contribution in [3.8, 4) is 51.7 Å². The van der Waals surface area contributed by atoms with Crippen LogP contribution in [0.5, 0.6) is 51.7 Å². The molecule has 4 aliphatic rings. The maximum absolute atomic E-state index is 7.05. The highest BCUT2D eigenvalue weighted by molar-refractivity contribution is 6.07. The molecule has 4 aromatic carbocycles. The number of fused-ring (bicyclic) bond motifs is 2. The second-order valence-corrected chi connectivity index (χ2v) is 12.0. The van der Waals surface area contributed by atoms with Crippen molar-refractivity contribution in [1.82, 2.24) is 4.90 Å². The van der Waals surface area contributed by atoms with Crippen molar-refractivity contribution in [2.75, 3.05) is 55.7 Å². The lowest BCUT2D eigenvalue weighted by Crippen LogP contribution is -2.34. The summed E-state index contributed by atoms with van der Waals surface area (Å²) in [7, 11) is 10.4. The third kappa shape index (κ3) is 5.48. The van der Waals surface area contributed by atoms with Crippen molar-refractivity contribution in [2.24, 2.45) is 4.99 Å². The monoisotopic (exact) mass is 636 g/mol. The lowest BCUT2D eigenvalue weighted by molar-refractivity contribution is 0.220. The molecular formula is C38H40N2O7. The second-order valence-electron chi connectivity index (χ2n) is 12.0. The van der Waals surface area contributed by atoms with E-state index >= 15 is 0 Å². The van der Waals surface area contributed by atoms with Crippen LogP contribution in [0.3, 0.4) is 0 Å². The van der Waals surface area contributed by atoms with E-state index in [1.54, 1.807) is 35.5 Å². The van der Waals surface area contributed by atoms with E-state index in [9.17, 15) is 0 Å². The summed E-state index contributed by atoms with van der Waals surface area (Å²) in [6.45, 7) is 1.54. The molecule has 0 aliphatic carbocycles. The average molecular weight is 637 g/mol. The summed E-state index contributed by atoms with van der Waals surface area (Å²) in [5.74, 6) is 5.38. The minimum atomic E-state index is -0.0558. The Morgan fingerprint density at radius 2 is 1.43 bits per heavy atom. The average Bonchev–Trinajstić information content (AvgIpc) is 3.09. The maximum Gasteiger partial charge on any atom is 0.211 e. The van der Waals surface area contributed by atoms with Crippen LogP contribution in [-0.2, 0) is 25.7 Å². The van der Waals surface area contributed by atoms with Gasteiger partial charge in [0.1, 0.15) is 5.75 Å². The number of hydrogen-bond donors (Lipinski definition) is 0.